The second-order valence-corrected chi connectivity index (χ2v) is 5.26. The maximum Gasteiger partial charge on any atom is 0.271 e. The van der Waals surface area contributed by atoms with Gasteiger partial charge in [-0.1, -0.05) is 12.1 Å². The van der Waals surface area contributed by atoms with Gasteiger partial charge in [0.2, 0.25) is 5.82 Å². The standard InChI is InChI=1S/C12H15N3O3S/c1-2-15-4-5-17-9(7-15)11-13-12(18-14-11)10-8(16)3-6-19-10/h3,6,9,16H,2,4-5,7H2,1H3. The summed E-state index contributed by atoms with van der Waals surface area (Å²) in [5.74, 6) is 1.06. The highest BCUT2D eigenvalue weighted by Crippen LogP contribution is 2.34. The van der Waals surface area contributed by atoms with Crippen LogP contribution >= 0.6 is 11.3 Å². The van der Waals surface area contributed by atoms with Crippen LogP contribution in [-0.4, -0.2) is 46.4 Å². The molecule has 102 valence electrons. The number of thiophene rings is 1. The van der Waals surface area contributed by atoms with Gasteiger partial charge in [-0.3, -0.25) is 4.90 Å². The SMILES string of the molecule is CCN1CCOC(c2noc(-c3sccc3O)n2)C1. The van der Waals surface area contributed by atoms with Gasteiger partial charge >= 0.3 is 0 Å². The van der Waals surface area contributed by atoms with Gasteiger partial charge in [0.1, 0.15) is 16.7 Å². The molecular formula is C12H15N3O3S. The fourth-order valence-electron chi connectivity index (χ4n) is 2.07. The van der Waals surface area contributed by atoms with Crippen molar-refractivity contribution in [3.05, 3.63) is 17.3 Å². The Morgan fingerprint density at radius 3 is 3.21 bits per heavy atom. The van der Waals surface area contributed by atoms with Crippen LogP contribution in [0.1, 0.15) is 18.9 Å². The number of ether oxygens (including phenoxy) is 1. The lowest BCUT2D eigenvalue weighted by atomic mass is 10.2. The first kappa shape index (κ1) is 12.6. The Morgan fingerprint density at radius 1 is 1.58 bits per heavy atom. The zero-order chi connectivity index (χ0) is 13.2. The van der Waals surface area contributed by atoms with Crippen LogP contribution in [0.4, 0.5) is 0 Å². The van der Waals surface area contributed by atoms with Crippen molar-refractivity contribution in [2.75, 3.05) is 26.2 Å². The van der Waals surface area contributed by atoms with E-state index >= 15 is 0 Å². The molecule has 6 nitrogen and oxygen atoms in total. The fraction of sp³-hybridized carbons (Fsp3) is 0.500. The highest BCUT2D eigenvalue weighted by Gasteiger charge is 2.26. The molecule has 1 saturated heterocycles. The summed E-state index contributed by atoms with van der Waals surface area (Å²) in [6.45, 7) is 5.48. The van der Waals surface area contributed by atoms with Crippen molar-refractivity contribution in [2.45, 2.75) is 13.0 Å². The van der Waals surface area contributed by atoms with Crippen LogP contribution in [0.3, 0.4) is 0 Å². The van der Waals surface area contributed by atoms with Gasteiger partial charge in [0.05, 0.1) is 6.61 Å². The lowest BCUT2D eigenvalue weighted by molar-refractivity contribution is -0.0334. The van der Waals surface area contributed by atoms with Crippen molar-refractivity contribution in [3.63, 3.8) is 0 Å². The number of aromatic hydroxyl groups is 1. The average Bonchev–Trinajstić information content (AvgIpc) is 3.07. The third kappa shape index (κ3) is 2.49. The van der Waals surface area contributed by atoms with Gasteiger partial charge in [-0.05, 0) is 18.0 Å². The molecular weight excluding hydrogens is 266 g/mol. The molecule has 0 aromatic carbocycles. The molecule has 1 aliphatic heterocycles. The molecule has 1 unspecified atom stereocenters. The average molecular weight is 281 g/mol. The van der Waals surface area contributed by atoms with E-state index in [-0.39, 0.29) is 11.9 Å². The third-order valence-electron chi connectivity index (χ3n) is 3.17. The van der Waals surface area contributed by atoms with Gasteiger partial charge in [-0.25, -0.2) is 0 Å². The minimum Gasteiger partial charge on any atom is -0.506 e. The highest BCUT2D eigenvalue weighted by atomic mass is 32.1. The van der Waals surface area contributed by atoms with Crippen LogP contribution in [0.15, 0.2) is 16.0 Å². The van der Waals surface area contributed by atoms with Crippen molar-refractivity contribution >= 4 is 11.3 Å². The number of rotatable bonds is 3. The Kier molecular flexibility index (Phi) is 3.50. The molecule has 2 aromatic heterocycles. The normalized spacial score (nSPS) is 20.8. The van der Waals surface area contributed by atoms with Gasteiger partial charge in [-0.15, -0.1) is 11.3 Å². The van der Waals surface area contributed by atoms with E-state index in [4.69, 9.17) is 9.26 Å². The van der Waals surface area contributed by atoms with Gasteiger partial charge < -0.3 is 14.4 Å². The fourth-order valence-corrected chi connectivity index (χ4v) is 2.77. The molecule has 3 heterocycles. The molecule has 1 atom stereocenters. The predicted molar refractivity (Wildman–Crippen MR) is 70.1 cm³/mol. The van der Waals surface area contributed by atoms with E-state index in [2.05, 4.69) is 22.0 Å². The van der Waals surface area contributed by atoms with E-state index in [1.807, 2.05) is 0 Å². The van der Waals surface area contributed by atoms with Gasteiger partial charge in [-0.2, -0.15) is 4.98 Å². The third-order valence-corrected chi connectivity index (χ3v) is 4.06. The van der Waals surface area contributed by atoms with Crippen LogP contribution in [0, 0.1) is 0 Å². The maximum atomic E-state index is 9.65. The van der Waals surface area contributed by atoms with Crippen LogP contribution in [-0.2, 0) is 4.74 Å². The number of nitrogens with zero attached hydrogens (tertiary/aromatic N) is 3. The largest absolute Gasteiger partial charge is 0.506 e. The molecule has 19 heavy (non-hydrogen) atoms. The molecule has 1 aliphatic rings. The molecule has 0 aliphatic carbocycles. The van der Waals surface area contributed by atoms with E-state index in [9.17, 15) is 5.11 Å². The summed E-state index contributed by atoms with van der Waals surface area (Å²) in [5.41, 5.74) is 0. The Hall–Kier alpha value is -1.44. The van der Waals surface area contributed by atoms with Crippen molar-refractivity contribution in [3.8, 4) is 16.5 Å². The van der Waals surface area contributed by atoms with E-state index < -0.39 is 0 Å². The first-order valence-electron chi connectivity index (χ1n) is 6.22. The second kappa shape index (κ2) is 5.28. The summed E-state index contributed by atoms with van der Waals surface area (Å²) in [5, 5.41) is 15.4. The van der Waals surface area contributed by atoms with Crippen LogP contribution in [0.2, 0.25) is 0 Å². The Morgan fingerprint density at radius 2 is 2.47 bits per heavy atom. The van der Waals surface area contributed by atoms with Crippen molar-refractivity contribution in [1.82, 2.24) is 15.0 Å². The molecule has 0 radical (unpaired) electrons. The predicted octanol–water partition coefficient (Wildman–Crippen LogP) is 1.90. The summed E-state index contributed by atoms with van der Waals surface area (Å²) in [6.07, 6.45) is -0.159. The van der Waals surface area contributed by atoms with E-state index in [1.54, 1.807) is 11.4 Å². The molecule has 0 spiro atoms. The Bertz CT molecular complexity index is 554. The molecule has 1 N–H and O–H groups in total. The van der Waals surface area contributed by atoms with E-state index in [0.717, 1.165) is 19.6 Å². The molecule has 7 heteroatoms. The van der Waals surface area contributed by atoms with Gasteiger partial charge in [0.25, 0.3) is 5.89 Å². The number of hydrogen-bond donors (Lipinski definition) is 1. The Balaban J connectivity index is 1.79. The van der Waals surface area contributed by atoms with E-state index in [0.29, 0.717) is 23.2 Å². The summed E-state index contributed by atoms with van der Waals surface area (Å²) < 4.78 is 10.9. The van der Waals surface area contributed by atoms with Crippen LogP contribution in [0.25, 0.3) is 10.8 Å². The first-order valence-corrected chi connectivity index (χ1v) is 7.10. The van der Waals surface area contributed by atoms with Crippen molar-refractivity contribution in [1.29, 1.82) is 0 Å². The number of hydrogen-bond acceptors (Lipinski definition) is 7. The zero-order valence-corrected chi connectivity index (χ0v) is 11.4. The topological polar surface area (TPSA) is 71.6 Å². The smallest absolute Gasteiger partial charge is 0.271 e. The molecule has 2 aromatic rings. The minimum atomic E-state index is -0.159. The summed E-state index contributed by atoms with van der Waals surface area (Å²) in [7, 11) is 0. The molecule has 0 saturated carbocycles. The van der Waals surface area contributed by atoms with Crippen molar-refractivity contribution < 1.29 is 14.4 Å². The lowest BCUT2D eigenvalue weighted by Gasteiger charge is -2.30. The Labute approximate surface area is 114 Å². The number of likely N-dealkylation sites (N-methyl/N-ethyl adjacent to an activating group) is 1. The van der Waals surface area contributed by atoms with Crippen LogP contribution < -0.4 is 0 Å². The summed E-state index contributed by atoms with van der Waals surface area (Å²) >= 11 is 1.37. The minimum absolute atomic E-state index is 0.159. The van der Waals surface area contributed by atoms with Gasteiger partial charge in [0.15, 0.2) is 0 Å². The number of aromatic nitrogens is 2. The molecule has 1 fully saturated rings. The summed E-state index contributed by atoms with van der Waals surface area (Å²) in [4.78, 5) is 7.21. The molecule has 0 amide bonds. The summed E-state index contributed by atoms with van der Waals surface area (Å²) in [6, 6.07) is 1.61. The highest BCUT2D eigenvalue weighted by molar-refractivity contribution is 7.13. The van der Waals surface area contributed by atoms with Crippen molar-refractivity contribution in [2.24, 2.45) is 0 Å². The number of morpholine rings is 1. The van der Waals surface area contributed by atoms with E-state index in [1.165, 1.54) is 11.3 Å². The molecule has 0 bridgehead atoms. The van der Waals surface area contributed by atoms with Crippen LogP contribution in [0.5, 0.6) is 5.75 Å². The second-order valence-electron chi connectivity index (χ2n) is 4.35. The zero-order valence-electron chi connectivity index (χ0n) is 10.6. The quantitative estimate of drug-likeness (QED) is 0.926. The maximum absolute atomic E-state index is 9.65. The monoisotopic (exact) mass is 281 g/mol. The molecule has 3 rings (SSSR count). The first-order chi connectivity index (χ1) is 9.28. The van der Waals surface area contributed by atoms with Gasteiger partial charge in [0, 0.05) is 13.1 Å². The lowest BCUT2D eigenvalue weighted by Crippen LogP contribution is -2.38.